The molecule has 0 spiro atoms. The summed E-state index contributed by atoms with van der Waals surface area (Å²) in [5, 5.41) is 39.1. The van der Waals surface area contributed by atoms with Crippen LogP contribution < -0.4 is 4.74 Å². The van der Waals surface area contributed by atoms with E-state index < -0.39 is 53.8 Å². The molecule has 0 bridgehead atoms. The SMILES string of the molecule is COc1cccc(S[C@H]2OC(CO)[C@H](O)C(n3cc(-c4cc(F)c(F)c(F)c4)nn3)C2O)c1. The summed E-state index contributed by atoms with van der Waals surface area (Å²) in [7, 11) is 1.52. The van der Waals surface area contributed by atoms with Crippen molar-refractivity contribution in [3.63, 3.8) is 0 Å². The van der Waals surface area contributed by atoms with Crippen LogP contribution >= 0.6 is 11.8 Å². The van der Waals surface area contributed by atoms with Crippen molar-refractivity contribution in [2.24, 2.45) is 0 Å². The molecule has 33 heavy (non-hydrogen) atoms. The Kier molecular flexibility index (Phi) is 6.91. The van der Waals surface area contributed by atoms with Gasteiger partial charge in [-0.2, -0.15) is 0 Å². The average Bonchev–Trinajstić information content (AvgIpc) is 3.29. The number of halogens is 3. The molecule has 2 aromatic carbocycles. The Balaban J connectivity index is 1.63. The monoisotopic (exact) mass is 483 g/mol. The highest BCUT2D eigenvalue weighted by Gasteiger charge is 2.46. The van der Waals surface area contributed by atoms with E-state index in [0.29, 0.717) is 10.6 Å². The smallest absolute Gasteiger partial charge is 0.194 e. The van der Waals surface area contributed by atoms with Crippen LogP contribution in [0.4, 0.5) is 13.2 Å². The predicted octanol–water partition coefficient (Wildman–Crippen LogP) is 2.14. The van der Waals surface area contributed by atoms with Crippen LogP contribution in [0.25, 0.3) is 11.3 Å². The normalized spacial score (nSPS) is 25.2. The number of aliphatic hydroxyl groups excluding tert-OH is 3. The first-order chi connectivity index (χ1) is 15.8. The summed E-state index contributed by atoms with van der Waals surface area (Å²) < 4.78 is 52.5. The van der Waals surface area contributed by atoms with Crippen molar-refractivity contribution in [2.45, 2.75) is 34.7 Å². The molecule has 4 rings (SSSR count). The lowest BCUT2D eigenvalue weighted by atomic mass is 9.97. The van der Waals surface area contributed by atoms with Gasteiger partial charge in [-0.25, -0.2) is 17.9 Å². The maximum Gasteiger partial charge on any atom is 0.194 e. The van der Waals surface area contributed by atoms with E-state index in [4.69, 9.17) is 9.47 Å². The van der Waals surface area contributed by atoms with Gasteiger partial charge in [-0.3, -0.25) is 0 Å². The molecule has 1 aromatic heterocycles. The fourth-order valence-electron chi connectivity index (χ4n) is 3.54. The number of hydrogen-bond acceptors (Lipinski definition) is 8. The minimum absolute atomic E-state index is 0.00348. The molecule has 12 heteroatoms. The molecule has 176 valence electrons. The lowest BCUT2D eigenvalue weighted by Gasteiger charge is -2.41. The van der Waals surface area contributed by atoms with Gasteiger partial charge in [0.05, 0.1) is 19.9 Å². The number of aliphatic hydroxyl groups is 3. The molecule has 1 aliphatic heterocycles. The molecule has 3 unspecified atom stereocenters. The number of ether oxygens (including phenoxy) is 2. The van der Waals surface area contributed by atoms with Crippen molar-refractivity contribution in [1.29, 1.82) is 0 Å². The predicted molar refractivity (Wildman–Crippen MR) is 111 cm³/mol. The topological polar surface area (TPSA) is 110 Å². The largest absolute Gasteiger partial charge is 0.497 e. The molecular formula is C21H20F3N3O5S. The second-order valence-electron chi connectivity index (χ2n) is 7.33. The third-order valence-corrected chi connectivity index (χ3v) is 6.39. The Morgan fingerprint density at radius 1 is 1.12 bits per heavy atom. The van der Waals surface area contributed by atoms with E-state index in [2.05, 4.69) is 10.3 Å². The fraction of sp³-hybridized carbons (Fsp3) is 0.333. The van der Waals surface area contributed by atoms with E-state index in [9.17, 15) is 28.5 Å². The highest BCUT2D eigenvalue weighted by Crippen LogP contribution is 2.39. The van der Waals surface area contributed by atoms with Crippen LogP contribution in [0.3, 0.4) is 0 Å². The molecular weight excluding hydrogens is 463 g/mol. The van der Waals surface area contributed by atoms with Crippen molar-refractivity contribution < 1.29 is 38.0 Å². The lowest BCUT2D eigenvalue weighted by molar-refractivity contribution is -0.178. The molecule has 0 aliphatic carbocycles. The van der Waals surface area contributed by atoms with Crippen LogP contribution in [-0.4, -0.2) is 67.8 Å². The number of aromatic nitrogens is 3. The Morgan fingerprint density at radius 3 is 2.52 bits per heavy atom. The van der Waals surface area contributed by atoms with Crippen molar-refractivity contribution in [2.75, 3.05) is 13.7 Å². The van der Waals surface area contributed by atoms with Crippen molar-refractivity contribution in [3.8, 4) is 17.0 Å². The van der Waals surface area contributed by atoms with Crippen LogP contribution in [-0.2, 0) is 4.74 Å². The number of hydrogen-bond donors (Lipinski definition) is 3. The number of methoxy groups -OCH3 is 1. The van der Waals surface area contributed by atoms with Gasteiger partial charge in [0.25, 0.3) is 0 Å². The first-order valence-electron chi connectivity index (χ1n) is 9.82. The van der Waals surface area contributed by atoms with E-state index in [1.54, 1.807) is 24.3 Å². The minimum atomic E-state index is -1.61. The number of nitrogens with zero attached hydrogens (tertiary/aromatic N) is 3. The van der Waals surface area contributed by atoms with Crippen LogP contribution in [0.1, 0.15) is 6.04 Å². The molecule has 3 aromatic rings. The standard InChI is InChI=1S/C21H20F3N3O5S/c1-31-11-3-2-4-12(7-11)33-21-20(30)18(19(29)16(9-28)32-21)27-8-15(25-26-27)10-5-13(22)17(24)14(23)6-10/h2-8,16,18-21,28-30H,9H2,1H3/t16?,18?,19-,20?,21+/m0/s1. The van der Waals surface area contributed by atoms with Gasteiger partial charge in [-0.15, -0.1) is 5.10 Å². The minimum Gasteiger partial charge on any atom is -0.497 e. The first-order valence-corrected chi connectivity index (χ1v) is 10.7. The molecule has 8 nitrogen and oxygen atoms in total. The first kappa shape index (κ1) is 23.5. The fourth-order valence-corrected chi connectivity index (χ4v) is 4.65. The maximum atomic E-state index is 13.6. The molecule has 0 saturated carbocycles. The number of thioether (sulfide) groups is 1. The van der Waals surface area contributed by atoms with Gasteiger partial charge in [0.2, 0.25) is 0 Å². The number of benzene rings is 2. The molecule has 2 heterocycles. The van der Waals surface area contributed by atoms with Crippen LogP contribution in [0.15, 0.2) is 47.5 Å². The Morgan fingerprint density at radius 2 is 1.85 bits per heavy atom. The second kappa shape index (κ2) is 9.69. The van der Waals surface area contributed by atoms with E-state index in [1.807, 2.05) is 0 Å². The molecule has 1 aliphatic rings. The van der Waals surface area contributed by atoms with Crippen LogP contribution in [0.5, 0.6) is 5.75 Å². The molecule has 5 atom stereocenters. The summed E-state index contributed by atoms with van der Waals surface area (Å²) in [6.45, 7) is -0.532. The second-order valence-corrected chi connectivity index (χ2v) is 8.50. The number of rotatable bonds is 6. The van der Waals surface area contributed by atoms with Crippen LogP contribution in [0.2, 0.25) is 0 Å². The maximum absolute atomic E-state index is 13.6. The Labute approximate surface area is 190 Å². The summed E-state index contributed by atoms with van der Waals surface area (Å²) in [6.07, 6.45) is -2.47. The summed E-state index contributed by atoms with van der Waals surface area (Å²) in [4.78, 5) is 0.710. The Hall–Kier alpha value is -2.64. The average molecular weight is 483 g/mol. The summed E-state index contributed by atoms with van der Waals surface area (Å²) in [5.74, 6) is -3.79. The zero-order valence-electron chi connectivity index (χ0n) is 17.2. The molecule has 3 N–H and O–H groups in total. The van der Waals surface area contributed by atoms with Gasteiger partial charge in [0, 0.05) is 10.5 Å². The van der Waals surface area contributed by atoms with Crippen LogP contribution in [0, 0.1) is 17.5 Å². The van der Waals surface area contributed by atoms with E-state index >= 15 is 0 Å². The quantitative estimate of drug-likeness (QED) is 0.458. The lowest BCUT2D eigenvalue weighted by Crippen LogP contribution is -2.55. The van der Waals surface area contributed by atoms with Gasteiger partial charge in [0.15, 0.2) is 17.5 Å². The molecule has 0 radical (unpaired) electrons. The van der Waals surface area contributed by atoms with E-state index in [0.717, 1.165) is 28.6 Å². The Bertz CT molecular complexity index is 1110. The van der Waals surface area contributed by atoms with Gasteiger partial charge in [-0.1, -0.05) is 23.0 Å². The highest BCUT2D eigenvalue weighted by atomic mass is 32.2. The summed E-state index contributed by atoms with van der Waals surface area (Å²) in [6, 6.07) is 7.46. The third kappa shape index (κ3) is 4.70. The van der Waals surface area contributed by atoms with Crippen molar-refractivity contribution in [3.05, 3.63) is 60.0 Å². The highest BCUT2D eigenvalue weighted by molar-refractivity contribution is 7.99. The summed E-state index contributed by atoms with van der Waals surface area (Å²) in [5.41, 5.74) is -0.984. The summed E-state index contributed by atoms with van der Waals surface area (Å²) >= 11 is 1.15. The van der Waals surface area contributed by atoms with Gasteiger partial charge in [0.1, 0.15) is 41.2 Å². The third-order valence-electron chi connectivity index (χ3n) is 5.24. The molecule has 1 fully saturated rings. The zero-order valence-corrected chi connectivity index (χ0v) is 18.0. The van der Waals surface area contributed by atoms with Gasteiger partial charge >= 0.3 is 0 Å². The molecule has 1 saturated heterocycles. The van der Waals surface area contributed by atoms with Gasteiger partial charge in [-0.05, 0) is 30.3 Å². The van der Waals surface area contributed by atoms with E-state index in [1.165, 1.54) is 13.3 Å². The van der Waals surface area contributed by atoms with Crippen molar-refractivity contribution in [1.82, 2.24) is 15.0 Å². The van der Waals surface area contributed by atoms with Gasteiger partial charge < -0.3 is 24.8 Å². The van der Waals surface area contributed by atoms with E-state index in [-0.39, 0.29) is 11.3 Å². The molecule has 0 amide bonds. The van der Waals surface area contributed by atoms with Crippen molar-refractivity contribution >= 4 is 11.8 Å². The zero-order chi connectivity index (χ0) is 23.7.